The van der Waals surface area contributed by atoms with E-state index in [0.29, 0.717) is 29.7 Å². The van der Waals surface area contributed by atoms with Crippen molar-refractivity contribution in [3.8, 4) is 0 Å². The number of amides is 1. The van der Waals surface area contributed by atoms with Crippen LogP contribution in [0.3, 0.4) is 0 Å². The molecule has 0 radical (unpaired) electrons. The number of nitrogens with one attached hydrogen (secondary N) is 1. The van der Waals surface area contributed by atoms with Crippen LogP contribution in [-0.4, -0.2) is 17.4 Å². The SMILES string of the molecule is CC(CN)CCC(=O)Nc1cc(Cl)ccn1. The van der Waals surface area contributed by atoms with Gasteiger partial charge < -0.3 is 11.1 Å². The van der Waals surface area contributed by atoms with E-state index >= 15 is 0 Å². The molecule has 1 atom stereocenters. The van der Waals surface area contributed by atoms with Crippen LogP contribution in [-0.2, 0) is 4.79 Å². The third-order valence-corrected chi connectivity index (χ3v) is 2.49. The topological polar surface area (TPSA) is 68.0 Å². The molecule has 4 nitrogen and oxygen atoms in total. The molecular formula is C11H16ClN3O. The van der Waals surface area contributed by atoms with Gasteiger partial charge in [0.1, 0.15) is 5.82 Å². The highest BCUT2D eigenvalue weighted by Crippen LogP contribution is 2.12. The highest BCUT2D eigenvalue weighted by Gasteiger charge is 2.06. The minimum Gasteiger partial charge on any atom is -0.330 e. The van der Waals surface area contributed by atoms with Gasteiger partial charge in [0.15, 0.2) is 0 Å². The summed E-state index contributed by atoms with van der Waals surface area (Å²) in [5.74, 6) is 0.783. The van der Waals surface area contributed by atoms with Crippen molar-refractivity contribution in [3.05, 3.63) is 23.4 Å². The lowest BCUT2D eigenvalue weighted by Crippen LogP contribution is -2.16. The zero-order valence-electron chi connectivity index (χ0n) is 9.24. The van der Waals surface area contributed by atoms with Crippen molar-refractivity contribution in [2.45, 2.75) is 19.8 Å². The standard InChI is InChI=1S/C11H16ClN3O/c1-8(7-13)2-3-11(16)15-10-6-9(12)4-5-14-10/h4-6,8H,2-3,7,13H2,1H3,(H,14,15,16). The molecule has 0 spiro atoms. The molecule has 0 saturated carbocycles. The number of carbonyl (C=O) groups excluding carboxylic acids is 1. The predicted octanol–water partition coefficient (Wildman–Crippen LogP) is 2.05. The van der Waals surface area contributed by atoms with Gasteiger partial charge in [-0.15, -0.1) is 0 Å². The first-order valence-corrected chi connectivity index (χ1v) is 5.61. The third kappa shape index (κ3) is 4.59. The first kappa shape index (κ1) is 12.9. The molecule has 1 rings (SSSR count). The van der Waals surface area contributed by atoms with Gasteiger partial charge in [0.05, 0.1) is 0 Å². The van der Waals surface area contributed by atoms with Crippen LogP contribution in [0.15, 0.2) is 18.3 Å². The minimum absolute atomic E-state index is 0.0601. The molecule has 1 unspecified atom stereocenters. The van der Waals surface area contributed by atoms with Crippen molar-refractivity contribution in [3.63, 3.8) is 0 Å². The summed E-state index contributed by atoms with van der Waals surface area (Å²) >= 11 is 5.77. The number of hydrogen-bond acceptors (Lipinski definition) is 3. The fourth-order valence-electron chi connectivity index (χ4n) is 1.17. The van der Waals surface area contributed by atoms with Crippen LogP contribution in [0.5, 0.6) is 0 Å². The number of halogens is 1. The second kappa shape index (κ2) is 6.45. The van der Waals surface area contributed by atoms with E-state index in [1.165, 1.54) is 0 Å². The summed E-state index contributed by atoms with van der Waals surface area (Å²) in [6, 6.07) is 3.28. The zero-order valence-corrected chi connectivity index (χ0v) is 10.00. The normalized spacial score (nSPS) is 12.2. The van der Waals surface area contributed by atoms with Gasteiger partial charge in [0.25, 0.3) is 0 Å². The van der Waals surface area contributed by atoms with Crippen LogP contribution >= 0.6 is 11.6 Å². The van der Waals surface area contributed by atoms with E-state index in [1.807, 2.05) is 6.92 Å². The molecule has 1 amide bonds. The predicted molar refractivity (Wildman–Crippen MR) is 65.3 cm³/mol. The van der Waals surface area contributed by atoms with Crippen molar-refractivity contribution in [2.24, 2.45) is 11.7 Å². The van der Waals surface area contributed by atoms with Crippen LogP contribution in [0.4, 0.5) is 5.82 Å². The smallest absolute Gasteiger partial charge is 0.225 e. The van der Waals surface area contributed by atoms with E-state index in [-0.39, 0.29) is 5.91 Å². The summed E-state index contributed by atoms with van der Waals surface area (Å²) in [4.78, 5) is 15.5. The summed E-state index contributed by atoms with van der Waals surface area (Å²) in [5.41, 5.74) is 5.47. The molecule has 16 heavy (non-hydrogen) atoms. The fraction of sp³-hybridized carbons (Fsp3) is 0.455. The number of nitrogens with two attached hydrogens (primary N) is 1. The van der Waals surface area contributed by atoms with E-state index in [1.54, 1.807) is 18.3 Å². The average Bonchev–Trinajstić information content (AvgIpc) is 2.26. The van der Waals surface area contributed by atoms with Gasteiger partial charge in [0, 0.05) is 17.6 Å². The monoisotopic (exact) mass is 241 g/mol. The Morgan fingerprint density at radius 2 is 2.44 bits per heavy atom. The molecule has 0 aliphatic rings. The van der Waals surface area contributed by atoms with Crippen LogP contribution in [0.25, 0.3) is 0 Å². The van der Waals surface area contributed by atoms with E-state index in [9.17, 15) is 4.79 Å². The van der Waals surface area contributed by atoms with Crippen molar-refractivity contribution in [1.82, 2.24) is 4.98 Å². The molecule has 88 valence electrons. The van der Waals surface area contributed by atoms with Gasteiger partial charge in [-0.2, -0.15) is 0 Å². The Morgan fingerprint density at radius 1 is 1.69 bits per heavy atom. The largest absolute Gasteiger partial charge is 0.330 e. The van der Waals surface area contributed by atoms with Crippen molar-refractivity contribution in [2.75, 3.05) is 11.9 Å². The molecule has 0 aromatic carbocycles. The number of hydrogen-bond donors (Lipinski definition) is 2. The molecule has 5 heteroatoms. The Bertz CT molecular complexity index is 357. The summed E-state index contributed by atoms with van der Waals surface area (Å²) in [6.07, 6.45) is 2.79. The maximum absolute atomic E-state index is 11.5. The molecule has 1 heterocycles. The van der Waals surface area contributed by atoms with Crippen molar-refractivity contribution in [1.29, 1.82) is 0 Å². The Kier molecular flexibility index (Phi) is 5.22. The maximum atomic E-state index is 11.5. The summed E-state index contributed by atoms with van der Waals surface area (Å²) in [6.45, 7) is 2.62. The number of rotatable bonds is 5. The van der Waals surface area contributed by atoms with Gasteiger partial charge in [-0.05, 0) is 31.0 Å². The minimum atomic E-state index is -0.0601. The van der Waals surface area contributed by atoms with Crippen LogP contribution in [0.1, 0.15) is 19.8 Å². The van der Waals surface area contributed by atoms with Crippen molar-refractivity contribution >= 4 is 23.3 Å². The summed E-state index contributed by atoms with van der Waals surface area (Å²) in [7, 11) is 0. The number of pyridine rings is 1. The first-order valence-electron chi connectivity index (χ1n) is 5.23. The molecule has 0 bridgehead atoms. The highest BCUT2D eigenvalue weighted by atomic mass is 35.5. The van der Waals surface area contributed by atoms with E-state index in [2.05, 4.69) is 10.3 Å². The fourth-order valence-corrected chi connectivity index (χ4v) is 1.33. The van der Waals surface area contributed by atoms with Gasteiger partial charge in [-0.3, -0.25) is 4.79 Å². The van der Waals surface area contributed by atoms with E-state index < -0.39 is 0 Å². The van der Waals surface area contributed by atoms with Crippen LogP contribution < -0.4 is 11.1 Å². The molecule has 0 fully saturated rings. The maximum Gasteiger partial charge on any atom is 0.225 e. The van der Waals surface area contributed by atoms with Gasteiger partial charge in [-0.25, -0.2) is 4.98 Å². The highest BCUT2D eigenvalue weighted by molar-refractivity contribution is 6.30. The number of anilines is 1. The average molecular weight is 242 g/mol. The van der Waals surface area contributed by atoms with Crippen molar-refractivity contribution < 1.29 is 4.79 Å². The molecule has 0 saturated heterocycles. The second-order valence-corrected chi connectivity index (χ2v) is 4.22. The number of carbonyl (C=O) groups is 1. The van der Waals surface area contributed by atoms with Gasteiger partial charge in [0.2, 0.25) is 5.91 Å². The van der Waals surface area contributed by atoms with Crippen LogP contribution in [0, 0.1) is 5.92 Å². The molecule has 3 N–H and O–H groups in total. The Hall–Kier alpha value is -1.13. The number of aromatic nitrogens is 1. The molecule has 0 aliphatic heterocycles. The molecule has 1 aromatic rings. The number of nitrogens with zero attached hydrogens (tertiary/aromatic N) is 1. The van der Waals surface area contributed by atoms with Crippen LogP contribution in [0.2, 0.25) is 5.02 Å². The van der Waals surface area contributed by atoms with Gasteiger partial charge >= 0.3 is 0 Å². The zero-order chi connectivity index (χ0) is 12.0. The summed E-state index contributed by atoms with van der Waals surface area (Å²) < 4.78 is 0. The molecule has 0 aliphatic carbocycles. The molecule has 1 aromatic heterocycles. The Balaban J connectivity index is 2.40. The first-order chi connectivity index (χ1) is 7.61. The van der Waals surface area contributed by atoms with E-state index in [0.717, 1.165) is 6.42 Å². The summed E-state index contributed by atoms with van der Waals surface area (Å²) in [5, 5.41) is 3.24. The second-order valence-electron chi connectivity index (χ2n) is 3.79. The quantitative estimate of drug-likeness (QED) is 0.829. The van der Waals surface area contributed by atoms with E-state index in [4.69, 9.17) is 17.3 Å². The third-order valence-electron chi connectivity index (χ3n) is 2.26. The lowest BCUT2D eigenvalue weighted by atomic mass is 10.1. The Morgan fingerprint density at radius 3 is 3.06 bits per heavy atom. The lowest BCUT2D eigenvalue weighted by Gasteiger charge is -2.08. The lowest BCUT2D eigenvalue weighted by molar-refractivity contribution is -0.116. The molecular weight excluding hydrogens is 226 g/mol. The Labute approximate surface area is 100 Å². The van der Waals surface area contributed by atoms with Gasteiger partial charge in [-0.1, -0.05) is 18.5 Å².